The maximum atomic E-state index is 4.63. The molecule has 1 aromatic carbocycles. The summed E-state index contributed by atoms with van der Waals surface area (Å²) in [6, 6.07) is 11.2. The Morgan fingerprint density at radius 2 is 1.67 bits per heavy atom. The molecular weight excluding hydrogens is 258 g/mol. The highest BCUT2D eigenvalue weighted by Gasteiger charge is 2.15. The first-order chi connectivity index (χ1) is 9.90. The molecule has 1 aromatic rings. The third-order valence-corrected chi connectivity index (χ3v) is 3.09. The highest BCUT2D eigenvalue weighted by molar-refractivity contribution is 5.97. The molecule has 0 radical (unpaired) electrons. The van der Waals surface area contributed by atoms with Crippen molar-refractivity contribution in [1.82, 2.24) is 9.57 Å². The number of aliphatic imine (C=N–C) groups is 1. The molecule has 0 bridgehead atoms. The minimum atomic E-state index is 0.429. The predicted octanol–water partition coefficient (Wildman–Crippen LogP) is 3.32. The number of rotatable bonds is 5. The zero-order chi connectivity index (χ0) is 15.8. The van der Waals surface area contributed by atoms with Crippen LogP contribution in [0.4, 0.5) is 0 Å². The molecule has 0 amide bonds. The van der Waals surface area contributed by atoms with Crippen LogP contribution in [0.5, 0.6) is 0 Å². The molecular formula is C18H28N3+. The van der Waals surface area contributed by atoms with E-state index < -0.39 is 0 Å². The van der Waals surface area contributed by atoms with Crippen LogP contribution in [0.25, 0.3) is 0 Å². The van der Waals surface area contributed by atoms with Gasteiger partial charge < -0.3 is 0 Å². The molecule has 0 unspecified atom stereocenters. The smallest absolute Gasteiger partial charge is 0.282 e. The third kappa shape index (κ3) is 6.42. The van der Waals surface area contributed by atoms with Crippen LogP contribution in [0.15, 0.2) is 35.3 Å². The first-order valence-corrected chi connectivity index (χ1v) is 7.63. The van der Waals surface area contributed by atoms with Gasteiger partial charge in [-0.05, 0) is 47.1 Å². The number of hydrogen-bond donors (Lipinski definition) is 0. The lowest BCUT2D eigenvalue weighted by Gasteiger charge is -2.21. The Hall–Kier alpha value is -1.86. The second-order valence-corrected chi connectivity index (χ2v) is 6.02. The normalized spacial score (nSPS) is 10.3. The van der Waals surface area contributed by atoms with Gasteiger partial charge in [-0.25, -0.2) is 4.67 Å². The van der Waals surface area contributed by atoms with Crippen LogP contribution in [0.3, 0.4) is 0 Å². The maximum absolute atomic E-state index is 4.63. The Labute approximate surface area is 129 Å². The Kier molecular flexibility index (Phi) is 6.90. The van der Waals surface area contributed by atoms with Crippen LogP contribution in [-0.4, -0.2) is 34.9 Å². The van der Waals surface area contributed by atoms with Gasteiger partial charge in [-0.2, -0.15) is 0 Å². The third-order valence-electron chi connectivity index (χ3n) is 3.09. The predicted molar refractivity (Wildman–Crippen MR) is 94.2 cm³/mol. The van der Waals surface area contributed by atoms with E-state index in [0.717, 1.165) is 18.0 Å². The van der Waals surface area contributed by atoms with Crippen LogP contribution in [0, 0.1) is 0 Å². The van der Waals surface area contributed by atoms with Gasteiger partial charge in [0.1, 0.15) is 0 Å². The second kappa shape index (κ2) is 8.43. The quantitative estimate of drug-likeness (QED) is 0.464. The lowest BCUT2D eigenvalue weighted by molar-refractivity contribution is 0.301. The van der Waals surface area contributed by atoms with E-state index in [1.165, 1.54) is 5.56 Å². The Morgan fingerprint density at radius 3 is 2.14 bits per heavy atom. The van der Waals surface area contributed by atoms with Crippen molar-refractivity contribution in [1.29, 1.82) is 0 Å². The summed E-state index contributed by atoms with van der Waals surface area (Å²) in [6.45, 7) is 12.7. The summed E-state index contributed by atoms with van der Waals surface area (Å²) in [4.78, 5) is 6.81. The summed E-state index contributed by atoms with van der Waals surface area (Å²) < 4.78 is 4.63. The van der Waals surface area contributed by atoms with Gasteiger partial charge in [-0.15, -0.1) is 4.99 Å². The SMILES string of the molecule is CC(C)=NC(Cc1ccccc1)=[N+]=CN(C(C)C)C(C)C. The summed E-state index contributed by atoms with van der Waals surface area (Å²) in [6.07, 6.45) is 2.69. The van der Waals surface area contributed by atoms with Crippen molar-refractivity contribution >= 4 is 17.9 Å². The van der Waals surface area contributed by atoms with Crippen LogP contribution < -0.4 is 4.67 Å². The molecule has 0 fully saturated rings. The Balaban J connectivity index is 3.06. The molecule has 0 aliphatic rings. The van der Waals surface area contributed by atoms with E-state index in [2.05, 4.69) is 54.4 Å². The standard InChI is InChI=1S/C18H28N3/c1-14(2)20-18(12-17-10-8-7-9-11-17)19-13-21(15(3)4)16(5)6/h7-11,13,15-16H,12H2,1-6H3/q+1. The van der Waals surface area contributed by atoms with Gasteiger partial charge in [0.15, 0.2) is 0 Å². The van der Waals surface area contributed by atoms with Gasteiger partial charge in [0, 0.05) is 0 Å². The molecule has 0 aliphatic heterocycles. The lowest BCUT2D eigenvalue weighted by atomic mass is 10.1. The molecule has 1 rings (SSSR count). The molecule has 0 saturated carbocycles. The van der Waals surface area contributed by atoms with Crippen LogP contribution in [0.2, 0.25) is 0 Å². The fourth-order valence-corrected chi connectivity index (χ4v) is 2.15. The number of benzene rings is 1. The molecule has 0 saturated heterocycles. The summed E-state index contributed by atoms with van der Waals surface area (Å²) in [5.74, 6) is 0.854. The average Bonchev–Trinajstić information content (AvgIpc) is 2.38. The summed E-state index contributed by atoms with van der Waals surface area (Å²) in [5.41, 5.74) is 2.26. The first-order valence-electron chi connectivity index (χ1n) is 7.63. The molecule has 21 heavy (non-hydrogen) atoms. The summed E-state index contributed by atoms with van der Waals surface area (Å²) >= 11 is 0. The van der Waals surface area contributed by atoms with Gasteiger partial charge in [-0.1, -0.05) is 30.3 Å². The van der Waals surface area contributed by atoms with Crippen molar-refractivity contribution in [2.45, 2.75) is 60.0 Å². The van der Waals surface area contributed by atoms with Crippen molar-refractivity contribution in [2.75, 3.05) is 0 Å². The van der Waals surface area contributed by atoms with E-state index in [1.807, 2.05) is 38.4 Å². The number of amidine groups is 1. The second-order valence-electron chi connectivity index (χ2n) is 6.02. The van der Waals surface area contributed by atoms with Crippen molar-refractivity contribution < 1.29 is 0 Å². The molecule has 0 heterocycles. The lowest BCUT2D eigenvalue weighted by Crippen LogP contribution is -2.36. The number of nitrogens with zero attached hydrogens (tertiary/aromatic N) is 3. The van der Waals surface area contributed by atoms with E-state index in [9.17, 15) is 0 Å². The van der Waals surface area contributed by atoms with Gasteiger partial charge in [0.2, 0.25) is 0 Å². The number of hydrogen-bond acceptors (Lipinski definition) is 0. The molecule has 3 heteroatoms. The van der Waals surface area contributed by atoms with Gasteiger partial charge in [-0.3, -0.25) is 4.90 Å². The van der Waals surface area contributed by atoms with Crippen LogP contribution in [-0.2, 0) is 6.42 Å². The van der Waals surface area contributed by atoms with E-state index >= 15 is 0 Å². The average molecular weight is 286 g/mol. The fourth-order valence-electron chi connectivity index (χ4n) is 2.15. The highest BCUT2D eigenvalue weighted by atomic mass is 15.2. The highest BCUT2D eigenvalue weighted by Crippen LogP contribution is 2.02. The first kappa shape index (κ1) is 17.2. The topological polar surface area (TPSA) is 29.7 Å². The van der Waals surface area contributed by atoms with Gasteiger partial charge in [0.25, 0.3) is 6.34 Å². The Bertz CT molecular complexity index is 509. The maximum Gasteiger partial charge on any atom is 0.328 e. The fraction of sp³-hybridized carbons (Fsp3) is 0.500. The van der Waals surface area contributed by atoms with E-state index in [-0.39, 0.29) is 0 Å². The minimum Gasteiger partial charge on any atom is -0.282 e. The molecule has 3 nitrogen and oxygen atoms in total. The monoisotopic (exact) mass is 286 g/mol. The molecule has 0 aromatic heterocycles. The van der Waals surface area contributed by atoms with Gasteiger partial charge in [0.05, 0.1) is 24.2 Å². The van der Waals surface area contributed by atoms with Crippen molar-refractivity contribution in [3.63, 3.8) is 0 Å². The van der Waals surface area contributed by atoms with Crippen LogP contribution in [0.1, 0.15) is 47.1 Å². The zero-order valence-electron chi connectivity index (χ0n) is 14.2. The molecule has 114 valence electrons. The van der Waals surface area contributed by atoms with E-state index in [4.69, 9.17) is 0 Å². The molecule has 0 N–H and O–H groups in total. The van der Waals surface area contributed by atoms with E-state index in [0.29, 0.717) is 12.1 Å². The molecule has 0 aliphatic carbocycles. The summed E-state index contributed by atoms with van der Waals surface area (Å²) in [5, 5.41) is 0. The van der Waals surface area contributed by atoms with E-state index in [1.54, 1.807) is 0 Å². The largest absolute Gasteiger partial charge is 0.328 e. The van der Waals surface area contributed by atoms with Crippen molar-refractivity contribution in [3.05, 3.63) is 35.9 Å². The van der Waals surface area contributed by atoms with Crippen molar-refractivity contribution in [2.24, 2.45) is 4.99 Å². The Morgan fingerprint density at radius 1 is 1.10 bits per heavy atom. The minimum absolute atomic E-state index is 0.429. The molecule has 0 spiro atoms. The van der Waals surface area contributed by atoms with Gasteiger partial charge >= 0.3 is 5.84 Å². The van der Waals surface area contributed by atoms with Crippen molar-refractivity contribution in [3.8, 4) is 0 Å². The zero-order valence-corrected chi connectivity index (χ0v) is 14.2. The van der Waals surface area contributed by atoms with Crippen LogP contribution >= 0.6 is 0 Å². The summed E-state index contributed by atoms with van der Waals surface area (Å²) in [7, 11) is 0. The molecule has 0 atom stereocenters.